The Balaban J connectivity index is 2.66. The molecule has 0 N–H and O–H groups in total. The van der Waals surface area contributed by atoms with Crippen molar-refractivity contribution in [2.24, 2.45) is 5.41 Å². The third-order valence-corrected chi connectivity index (χ3v) is 5.87. The molecule has 1 fully saturated rings. The third-order valence-electron chi connectivity index (χ3n) is 4.07. The number of benzene rings is 1. The Morgan fingerprint density at radius 1 is 1.31 bits per heavy atom. The number of esters is 1. The van der Waals surface area contributed by atoms with Crippen molar-refractivity contribution >= 4 is 33.7 Å². The molecule has 0 saturated carbocycles. The lowest BCUT2D eigenvalue weighted by Crippen LogP contribution is -2.50. The van der Waals surface area contributed by atoms with Gasteiger partial charge in [0.15, 0.2) is 0 Å². The van der Waals surface area contributed by atoms with Crippen molar-refractivity contribution in [1.29, 1.82) is 0 Å². The number of carbonyl (C=O) groups excluding carboxylic acids is 1. The molecule has 144 valence electrons. The minimum absolute atomic E-state index is 0.0648. The van der Waals surface area contributed by atoms with Crippen molar-refractivity contribution in [3.8, 4) is 0 Å². The Kier molecular flexibility index (Phi) is 5.36. The maximum atomic E-state index is 13.2. The number of hydrogen-bond acceptors (Lipinski definition) is 4. The summed E-state index contributed by atoms with van der Waals surface area (Å²) in [6, 6.07) is 4.49. The third kappa shape index (κ3) is 3.68. The van der Waals surface area contributed by atoms with Gasteiger partial charge in [-0.1, -0.05) is 37.6 Å². The Labute approximate surface area is 154 Å². The topological polar surface area (TPSA) is 63.7 Å². The molecule has 1 aliphatic rings. The summed E-state index contributed by atoms with van der Waals surface area (Å²) in [4.78, 5) is 12.1. The highest BCUT2D eigenvalue weighted by atomic mass is 35.5. The van der Waals surface area contributed by atoms with E-state index >= 15 is 0 Å². The van der Waals surface area contributed by atoms with Crippen LogP contribution in [-0.4, -0.2) is 37.4 Å². The molecule has 1 heterocycles. The molecule has 1 aliphatic heterocycles. The zero-order chi connectivity index (χ0) is 19.9. The van der Waals surface area contributed by atoms with Crippen LogP contribution in [0.15, 0.2) is 30.0 Å². The average Bonchev–Trinajstić information content (AvgIpc) is 2.78. The van der Waals surface area contributed by atoms with Crippen LogP contribution in [0.25, 0.3) is 6.08 Å². The van der Waals surface area contributed by atoms with Gasteiger partial charge in [-0.15, -0.1) is 0 Å². The van der Waals surface area contributed by atoms with Crippen LogP contribution < -0.4 is 0 Å². The smallest absolute Gasteiger partial charge is 0.467 e. The van der Waals surface area contributed by atoms with E-state index < -0.39 is 33.0 Å². The van der Waals surface area contributed by atoms with Crippen LogP contribution in [0, 0.1) is 5.41 Å². The molecule has 26 heavy (non-hydrogen) atoms. The first-order valence-corrected chi connectivity index (χ1v) is 9.28. The van der Waals surface area contributed by atoms with Gasteiger partial charge in [0.05, 0.1) is 7.11 Å². The monoisotopic (exact) mass is 411 g/mol. The first-order valence-electron chi connectivity index (χ1n) is 7.46. The van der Waals surface area contributed by atoms with Gasteiger partial charge in [0, 0.05) is 16.1 Å². The molecule has 1 saturated heterocycles. The van der Waals surface area contributed by atoms with Crippen LogP contribution in [0.5, 0.6) is 0 Å². The van der Waals surface area contributed by atoms with E-state index in [-0.39, 0.29) is 16.4 Å². The molecule has 0 unspecified atom stereocenters. The summed E-state index contributed by atoms with van der Waals surface area (Å²) in [5.74, 6) is -1.05. The van der Waals surface area contributed by atoms with Crippen LogP contribution in [-0.2, 0) is 19.6 Å². The van der Waals surface area contributed by atoms with Crippen LogP contribution >= 0.6 is 11.6 Å². The van der Waals surface area contributed by atoms with Crippen LogP contribution in [0.4, 0.5) is 13.2 Å². The van der Waals surface area contributed by atoms with Gasteiger partial charge in [-0.3, -0.25) is 4.31 Å². The van der Waals surface area contributed by atoms with Crippen LogP contribution in [0.3, 0.4) is 0 Å². The number of methoxy groups -OCH3 is 1. The molecule has 1 aromatic carbocycles. The lowest BCUT2D eigenvalue weighted by atomic mass is 9.84. The lowest BCUT2D eigenvalue weighted by Gasteiger charge is -2.31. The van der Waals surface area contributed by atoms with E-state index in [4.69, 9.17) is 11.6 Å². The zero-order valence-corrected chi connectivity index (χ0v) is 15.7. The van der Waals surface area contributed by atoms with E-state index in [0.717, 1.165) is 7.11 Å². The Bertz CT molecular complexity index is 832. The summed E-state index contributed by atoms with van der Waals surface area (Å²) in [5, 5.41) is 0.422. The van der Waals surface area contributed by atoms with E-state index in [1.54, 1.807) is 0 Å². The Morgan fingerprint density at radius 2 is 1.85 bits per heavy atom. The predicted molar refractivity (Wildman–Crippen MR) is 90.4 cm³/mol. The fourth-order valence-corrected chi connectivity index (χ4v) is 4.35. The van der Waals surface area contributed by atoms with Crippen molar-refractivity contribution in [1.82, 2.24) is 4.31 Å². The van der Waals surface area contributed by atoms with Gasteiger partial charge < -0.3 is 4.74 Å². The van der Waals surface area contributed by atoms with Gasteiger partial charge in [0.2, 0.25) is 0 Å². The van der Waals surface area contributed by atoms with E-state index in [9.17, 15) is 26.4 Å². The Morgan fingerprint density at radius 3 is 2.31 bits per heavy atom. The molecule has 0 spiro atoms. The lowest BCUT2D eigenvalue weighted by molar-refractivity contribution is -0.147. The molecule has 1 aromatic rings. The minimum Gasteiger partial charge on any atom is -0.467 e. The molecule has 0 aromatic heterocycles. The number of rotatable bonds is 3. The van der Waals surface area contributed by atoms with Gasteiger partial charge in [0.1, 0.15) is 6.04 Å². The standard InChI is InChI=1S/C16H17ClF3NO4S/c1-15(2)9-12(8-10-4-6-11(17)7-5-10)21(13(15)14(22)25-3)26(23,24)16(18,19)20/h4-8,13H,9H2,1-3H3/b12-8+/t13-/m1/s1. The molecule has 2 rings (SSSR count). The first-order chi connectivity index (χ1) is 11.8. The maximum absolute atomic E-state index is 13.2. The number of ether oxygens (including phenoxy) is 1. The first kappa shape index (κ1) is 20.6. The summed E-state index contributed by atoms with van der Waals surface area (Å²) < 4.78 is 68.7. The molecule has 0 amide bonds. The number of alkyl halides is 3. The maximum Gasteiger partial charge on any atom is 0.516 e. The van der Waals surface area contributed by atoms with Gasteiger partial charge in [0.25, 0.3) is 0 Å². The molecule has 0 bridgehead atoms. The molecule has 10 heteroatoms. The normalized spacial score (nSPS) is 21.9. The van der Waals surface area contributed by atoms with Gasteiger partial charge >= 0.3 is 21.5 Å². The number of hydrogen-bond donors (Lipinski definition) is 0. The number of halogens is 4. The summed E-state index contributed by atoms with van der Waals surface area (Å²) in [6.07, 6.45) is 1.23. The predicted octanol–water partition coefficient (Wildman–Crippen LogP) is 3.80. The summed E-state index contributed by atoms with van der Waals surface area (Å²) in [6.45, 7) is 3.02. The SMILES string of the molecule is COC(=O)[C@H]1N(S(=O)(=O)C(F)(F)F)/C(=C/c2ccc(Cl)cc2)CC1(C)C. The molecule has 0 aliphatic carbocycles. The highest BCUT2D eigenvalue weighted by molar-refractivity contribution is 7.90. The van der Waals surface area contributed by atoms with Gasteiger partial charge in [-0.05, 0) is 30.2 Å². The highest BCUT2D eigenvalue weighted by Gasteiger charge is 2.60. The number of sulfonamides is 1. The summed E-state index contributed by atoms with van der Waals surface area (Å²) >= 11 is 5.78. The van der Waals surface area contributed by atoms with E-state index in [0.29, 0.717) is 10.6 Å². The van der Waals surface area contributed by atoms with E-state index in [2.05, 4.69) is 4.74 Å². The van der Waals surface area contributed by atoms with E-state index in [1.165, 1.54) is 44.2 Å². The molecule has 1 atom stereocenters. The second-order valence-corrected chi connectivity index (χ2v) is 8.77. The van der Waals surface area contributed by atoms with Crippen LogP contribution in [0.2, 0.25) is 5.02 Å². The summed E-state index contributed by atoms with van der Waals surface area (Å²) in [5.41, 5.74) is -6.35. The average molecular weight is 412 g/mol. The molecular weight excluding hydrogens is 395 g/mol. The molecule has 0 radical (unpaired) electrons. The van der Waals surface area contributed by atoms with E-state index in [1.807, 2.05) is 0 Å². The van der Waals surface area contributed by atoms with Gasteiger partial charge in [-0.25, -0.2) is 4.79 Å². The molecule has 5 nitrogen and oxygen atoms in total. The van der Waals surface area contributed by atoms with Crippen molar-refractivity contribution in [3.63, 3.8) is 0 Å². The number of carbonyl (C=O) groups is 1. The number of allylic oxidation sites excluding steroid dienone is 1. The number of nitrogens with zero attached hydrogens (tertiary/aromatic N) is 1. The quantitative estimate of drug-likeness (QED) is 0.710. The highest BCUT2D eigenvalue weighted by Crippen LogP contribution is 2.48. The van der Waals surface area contributed by atoms with Crippen molar-refractivity contribution in [2.75, 3.05) is 7.11 Å². The largest absolute Gasteiger partial charge is 0.516 e. The Hall–Kier alpha value is -1.74. The second kappa shape index (κ2) is 6.77. The zero-order valence-electron chi connectivity index (χ0n) is 14.2. The fourth-order valence-electron chi connectivity index (χ4n) is 2.92. The van der Waals surface area contributed by atoms with Gasteiger partial charge in [-0.2, -0.15) is 21.6 Å². The second-order valence-electron chi connectivity index (χ2n) is 6.52. The fraction of sp³-hybridized carbons (Fsp3) is 0.438. The van der Waals surface area contributed by atoms with Crippen molar-refractivity contribution < 1.29 is 31.1 Å². The summed E-state index contributed by atoms with van der Waals surface area (Å²) in [7, 11) is -4.79. The van der Waals surface area contributed by atoms with Crippen molar-refractivity contribution in [2.45, 2.75) is 31.8 Å². The van der Waals surface area contributed by atoms with Crippen molar-refractivity contribution in [3.05, 3.63) is 40.5 Å². The van der Waals surface area contributed by atoms with Crippen LogP contribution in [0.1, 0.15) is 25.8 Å². The minimum atomic E-state index is -5.79. The molecular formula is C16H17ClF3NO4S.